The Labute approximate surface area is 131 Å². The third kappa shape index (κ3) is 4.28. The summed E-state index contributed by atoms with van der Waals surface area (Å²) in [5.41, 5.74) is 1.52. The molecule has 0 aliphatic heterocycles. The van der Waals surface area contributed by atoms with E-state index in [0.29, 0.717) is 17.3 Å². The number of carbonyl (C=O) groups is 1. The molecule has 2 rings (SSSR count). The van der Waals surface area contributed by atoms with Crippen LogP contribution in [-0.2, 0) is 0 Å². The van der Waals surface area contributed by atoms with E-state index in [4.69, 9.17) is 0 Å². The molecule has 0 atom stereocenters. The van der Waals surface area contributed by atoms with Crippen molar-refractivity contribution in [3.8, 4) is 0 Å². The number of aromatic nitrogens is 2. The molecule has 1 N–H and O–H groups in total. The van der Waals surface area contributed by atoms with Gasteiger partial charge in [0, 0.05) is 31.0 Å². The van der Waals surface area contributed by atoms with Crippen molar-refractivity contribution in [2.45, 2.75) is 26.7 Å². The summed E-state index contributed by atoms with van der Waals surface area (Å²) in [6, 6.07) is 9.21. The highest BCUT2D eigenvalue weighted by Gasteiger charge is 2.06. The molecule has 116 valence electrons. The molecule has 1 heterocycles. The highest BCUT2D eigenvalue weighted by molar-refractivity contribution is 5.95. The van der Waals surface area contributed by atoms with Crippen molar-refractivity contribution in [2.24, 2.45) is 0 Å². The molecule has 2 aromatic rings. The molecule has 0 amide bonds. The lowest BCUT2D eigenvalue weighted by molar-refractivity contribution is 0.101. The van der Waals surface area contributed by atoms with Gasteiger partial charge in [-0.15, -0.1) is 0 Å². The molecule has 1 aromatic heterocycles. The van der Waals surface area contributed by atoms with Crippen molar-refractivity contribution in [3.05, 3.63) is 42.1 Å². The van der Waals surface area contributed by atoms with Crippen LogP contribution in [0.4, 0.5) is 17.5 Å². The molecular weight excluding hydrogens is 276 g/mol. The van der Waals surface area contributed by atoms with Crippen molar-refractivity contribution < 1.29 is 4.79 Å². The Bertz CT molecular complexity index is 642. The van der Waals surface area contributed by atoms with Crippen LogP contribution in [0.15, 0.2) is 36.5 Å². The Kier molecular flexibility index (Phi) is 5.47. The molecule has 0 aliphatic rings. The second-order valence-corrected chi connectivity index (χ2v) is 5.28. The Morgan fingerprint density at radius 2 is 2.14 bits per heavy atom. The van der Waals surface area contributed by atoms with E-state index < -0.39 is 0 Å². The maximum atomic E-state index is 11.4. The number of benzene rings is 1. The molecule has 0 saturated heterocycles. The smallest absolute Gasteiger partial charge is 0.227 e. The zero-order valence-electron chi connectivity index (χ0n) is 13.3. The summed E-state index contributed by atoms with van der Waals surface area (Å²) < 4.78 is 0. The van der Waals surface area contributed by atoms with Gasteiger partial charge in [0.05, 0.1) is 0 Å². The van der Waals surface area contributed by atoms with E-state index in [2.05, 4.69) is 22.2 Å². The van der Waals surface area contributed by atoms with Gasteiger partial charge in [-0.3, -0.25) is 4.79 Å². The largest absolute Gasteiger partial charge is 0.344 e. The summed E-state index contributed by atoms with van der Waals surface area (Å²) >= 11 is 0. The molecule has 0 spiro atoms. The van der Waals surface area contributed by atoms with Crippen LogP contribution in [0.3, 0.4) is 0 Å². The van der Waals surface area contributed by atoms with Gasteiger partial charge in [-0.05, 0) is 31.5 Å². The zero-order valence-corrected chi connectivity index (χ0v) is 13.3. The summed E-state index contributed by atoms with van der Waals surface area (Å²) in [6.07, 6.45) is 3.99. The van der Waals surface area contributed by atoms with E-state index in [1.165, 1.54) is 0 Å². The summed E-state index contributed by atoms with van der Waals surface area (Å²) in [6.45, 7) is 4.65. The van der Waals surface area contributed by atoms with E-state index in [0.717, 1.165) is 25.1 Å². The SMILES string of the molecule is CCCCN(C)c1nccc(Nc2cccc(C(C)=O)c2)n1. The quantitative estimate of drug-likeness (QED) is 0.791. The standard InChI is InChI=1S/C17H22N4O/c1-4-5-11-21(3)17-18-10-9-16(20-17)19-15-8-6-7-14(12-15)13(2)22/h6-10,12H,4-5,11H2,1-3H3,(H,18,19,20). The van der Waals surface area contributed by atoms with Gasteiger partial charge in [0.2, 0.25) is 5.95 Å². The van der Waals surface area contributed by atoms with Crippen molar-refractivity contribution in [2.75, 3.05) is 23.8 Å². The van der Waals surface area contributed by atoms with E-state index in [1.54, 1.807) is 19.2 Å². The zero-order chi connectivity index (χ0) is 15.9. The first-order valence-electron chi connectivity index (χ1n) is 7.52. The van der Waals surface area contributed by atoms with Crippen LogP contribution in [0.1, 0.15) is 37.0 Å². The van der Waals surface area contributed by atoms with Gasteiger partial charge >= 0.3 is 0 Å². The molecule has 5 heteroatoms. The number of rotatable bonds is 7. The molecule has 0 saturated carbocycles. The van der Waals surface area contributed by atoms with Crippen LogP contribution in [0.2, 0.25) is 0 Å². The van der Waals surface area contributed by atoms with Crippen molar-refractivity contribution in [1.82, 2.24) is 9.97 Å². The van der Waals surface area contributed by atoms with Gasteiger partial charge in [0.1, 0.15) is 5.82 Å². The Hall–Kier alpha value is -2.43. The molecule has 0 bridgehead atoms. The summed E-state index contributed by atoms with van der Waals surface area (Å²) in [5, 5.41) is 3.22. The number of unbranched alkanes of at least 4 members (excludes halogenated alkanes) is 1. The molecule has 0 unspecified atom stereocenters. The van der Waals surface area contributed by atoms with Crippen molar-refractivity contribution in [3.63, 3.8) is 0 Å². The predicted octanol–water partition coefficient (Wildman–Crippen LogP) is 3.66. The Morgan fingerprint density at radius 3 is 2.86 bits per heavy atom. The number of carbonyl (C=O) groups excluding carboxylic acids is 1. The number of hydrogen-bond acceptors (Lipinski definition) is 5. The topological polar surface area (TPSA) is 58.1 Å². The van der Waals surface area contributed by atoms with E-state index in [-0.39, 0.29) is 5.78 Å². The van der Waals surface area contributed by atoms with Crippen LogP contribution in [0.5, 0.6) is 0 Å². The first-order valence-corrected chi connectivity index (χ1v) is 7.52. The van der Waals surface area contributed by atoms with Gasteiger partial charge in [0.15, 0.2) is 5.78 Å². The monoisotopic (exact) mass is 298 g/mol. The lowest BCUT2D eigenvalue weighted by Gasteiger charge is -2.17. The number of nitrogens with zero attached hydrogens (tertiary/aromatic N) is 3. The summed E-state index contributed by atoms with van der Waals surface area (Å²) in [7, 11) is 1.99. The normalized spacial score (nSPS) is 10.3. The molecule has 5 nitrogen and oxygen atoms in total. The molecule has 0 fully saturated rings. The summed E-state index contributed by atoms with van der Waals surface area (Å²) in [4.78, 5) is 22.3. The minimum atomic E-state index is 0.0475. The molecule has 22 heavy (non-hydrogen) atoms. The predicted molar refractivity (Wildman–Crippen MR) is 89.9 cm³/mol. The fourth-order valence-corrected chi connectivity index (χ4v) is 2.06. The third-order valence-corrected chi connectivity index (χ3v) is 3.37. The van der Waals surface area contributed by atoms with Crippen LogP contribution in [0.25, 0.3) is 0 Å². The van der Waals surface area contributed by atoms with Gasteiger partial charge in [-0.1, -0.05) is 25.5 Å². The number of hydrogen-bond donors (Lipinski definition) is 1. The maximum absolute atomic E-state index is 11.4. The Morgan fingerprint density at radius 1 is 1.32 bits per heavy atom. The summed E-state index contributed by atoms with van der Waals surface area (Å²) in [5.74, 6) is 1.46. The highest BCUT2D eigenvalue weighted by atomic mass is 16.1. The van der Waals surface area contributed by atoms with E-state index in [9.17, 15) is 4.79 Å². The lowest BCUT2D eigenvalue weighted by atomic mass is 10.1. The van der Waals surface area contributed by atoms with Gasteiger partial charge in [0.25, 0.3) is 0 Å². The minimum absolute atomic E-state index is 0.0475. The van der Waals surface area contributed by atoms with Crippen molar-refractivity contribution in [1.29, 1.82) is 0 Å². The second kappa shape index (κ2) is 7.54. The lowest BCUT2D eigenvalue weighted by Crippen LogP contribution is -2.21. The van der Waals surface area contributed by atoms with Gasteiger partial charge < -0.3 is 10.2 Å². The average molecular weight is 298 g/mol. The molecule has 1 aromatic carbocycles. The molecule has 0 radical (unpaired) electrons. The number of nitrogens with one attached hydrogen (secondary N) is 1. The first-order chi connectivity index (χ1) is 10.6. The number of ketones is 1. The number of anilines is 3. The average Bonchev–Trinajstić information content (AvgIpc) is 2.53. The van der Waals surface area contributed by atoms with Crippen LogP contribution >= 0.6 is 0 Å². The number of Topliss-reactive ketones (excluding diaryl/α,β-unsaturated/α-hetero) is 1. The van der Waals surface area contributed by atoms with Gasteiger partial charge in [-0.25, -0.2) is 4.98 Å². The highest BCUT2D eigenvalue weighted by Crippen LogP contribution is 2.18. The van der Waals surface area contributed by atoms with Crippen LogP contribution in [0, 0.1) is 0 Å². The van der Waals surface area contributed by atoms with Gasteiger partial charge in [-0.2, -0.15) is 4.98 Å². The third-order valence-electron chi connectivity index (χ3n) is 3.37. The fourth-order valence-electron chi connectivity index (χ4n) is 2.06. The maximum Gasteiger partial charge on any atom is 0.227 e. The Balaban J connectivity index is 2.13. The molecule has 0 aliphatic carbocycles. The second-order valence-electron chi connectivity index (χ2n) is 5.28. The van der Waals surface area contributed by atoms with Crippen LogP contribution in [-0.4, -0.2) is 29.3 Å². The molecular formula is C17H22N4O. The van der Waals surface area contributed by atoms with Crippen molar-refractivity contribution >= 4 is 23.2 Å². The van der Waals surface area contributed by atoms with E-state index >= 15 is 0 Å². The van der Waals surface area contributed by atoms with E-state index in [1.807, 2.05) is 36.2 Å². The van der Waals surface area contributed by atoms with Crippen LogP contribution < -0.4 is 10.2 Å². The first kappa shape index (κ1) is 15.9. The fraction of sp³-hybridized carbons (Fsp3) is 0.353. The minimum Gasteiger partial charge on any atom is -0.344 e.